The highest BCUT2D eigenvalue weighted by Gasteiger charge is 2.40. The van der Waals surface area contributed by atoms with Crippen LogP contribution in [-0.2, 0) is 11.3 Å². The first-order chi connectivity index (χ1) is 10.4. The van der Waals surface area contributed by atoms with Crippen LogP contribution in [0.25, 0.3) is 0 Å². The van der Waals surface area contributed by atoms with Crippen LogP contribution in [0.15, 0.2) is 42.5 Å². The van der Waals surface area contributed by atoms with Gasteiger partial charge in [-0.2, -0.15) is 0 Å². The smallest absolute Gasteiger partial charge is 0.271 e. The molecule has 0 aliphatic carbocycles. The molecule has 1 aliphatic heterocycles. The van der Waals surface area contributed by atoms with Gasteiger partial charge in [-0.1, -0.05) is 12.1 Å². The van der Waals surface area contributed by atoms with Crippen LogP contribution >= 0.6 is 0 Å². The second-order valence-electron chi connectivity index (χ2n) is 5.78. The maximum absolute atomic E-state index is 13.0. The minimum atomic E-state index is -1.03. The summed E-state index contributed by atoms with van der Waals surface area (Å²) in [6, 6.07) is 10.6. The Morgan fingerprint density at radius 2 is 1.86 bits per heavy atom. The van der Waals surface area contributed by atoms with Crippen LogP contribution in [0.3, 0.4) is 0 Å². The molecule has 0 saturated heterocycles. The zero-order valence-electron chi connectivity index (χ0n) is 12.3. The normalized spacial score (nSPS) is 16.1. The molecular formula is C17H16FNO3. The van der Waals surface area contributed by atoms with E-state index in [1.165, 1.54) is 24.3 Å². The molecular weight excluding hydrogens is 285 g/mol. The molecule has 0 radical (unpaired) electrons. The number of fused-ring (bicyclic) bond motifs is 1. The van der Waals surface area contributed by atoms with Gasteiger partial charge >= 0.3 is 0 Å². The molecule has 0 spiro atoms. The molecule has 1 heterocycles. The number of halogens is 1. The standard InChI is InChI=1S/C17H16FNO3/c1-17(2)16(21)19(10-11-3-5-12(18)6-4-11)14-8-7-13(20)9-15(14)22-17/h3-9,20H,10H2,1-2H3. The Morgan fingerprint density at radius 1 is 1.18 bits per heavy atom. The number of aromatic hydroxyl groups is 1. The number of carbonyl (C=O) groups is 1. The molecule has 2 aromatic carbocycles. The van der Waals surface area contributed by atoms with E-state index in [4.69, 9.17) is 4.74 Å². The molecule has 2 aromatic rings. The molecule has 0 bridgehead atoms. The molecule has 22 heavy (non-hydrogen) atoms. The van der Waals surface area contributed by atoms with Gasteiger partial charge in [-0.25, -0.2) is 4.39 Å². The van der Waals surface area contributed by atoms with Crippen LogP contribution in [0.4, 0.5) is 10.1 Å². The van der Waals surface area contributed by atoms with E-state index in [-0.39, 0.29) is 17.5 Å². The van der Waals surface area contributed by atoms with E-state index >= 15 is 0 Å². The highest BCUT2D eigenvalue weighted by atomic mass is 19.1. The van der Waals surface area contributed by atoms with Crippen LogP contribution in [-0.4, -0.2) is 16.6 Å². The average Bonchev–Trinajstić information content (AvgIpc) is 2.45. The minimum Gasteiger partial charge on any atom is -0.508 e. The van der Waals surface area contributed by atoms with Crippen LogP contribution in [0.2, 0.25) is 0 Å². The summed E-state index contributed by atoms with van der Waals surface area (Å²) in [6.07, 6.45) is 0. The molecule has 0 unspecified atom stereocenters. The number of phenolic OH excluding ortho intramolecular Hbond substituents is 1. The van der Waals surface area contributed by atoms with E-state index in [9.17, 15) is 14.3 Å². The predicted molar refractivity (Wildman–Crippen MR) is 80.4 cm³/mol. The van der Waals surface area contributed by atoms with Gasteiger partial charge < -0.3 is 14.7 Å². The van der Waals surface area contributed by atoms with Crippen molar-refractivity contribution in [3.63, 3.8) is 0 Å². The third-order valence-electron chi connectivity index (χ3n) is 3.61. The van der Waals surface area contributed by atoms with Crippen molar-refractivity contribution < 1.29 is 19.0 Å². The fraction of sp³-hybridized carbons (Fsp3) is 0.235. The van der Waals surface area contributed by atoms with Gasteiger partial charge in [0.1, 0.15) is 17.3 Å². The second kappa shape index (κ2) is 5.02. The summed E-state index contributed by atoms with van der Waals surface area (Å²) < 4.78 is 18.7. The SMILES string of the molecule is CC1(C)Oc2cc(O)ccc2N(Cc2ccc(F)cc2)C1=O. The van der Waals surface area contributed by atoms with Gasteiger partial charge in [0, 0.05) is 6.07 Å². The third-order valence-corrected chi connectivity index (χ3v) is 3.61. The van der Waals surface area contributed by atoms with Gasteiger partial charge in [-0.15, -0.1) is 0 Å². The minimum absolute atomic E-state index is 0.0747. The molecule has 0 fully saturated rings. The Morgan fingerprint density at radius 3 is 2.55 bits per heavy atom. The van der Waals surface area contributed by atoms with Gasteiger partial charge in [0.15, 0.2) is 5.60 Å². The van der Waals surface area contributed by atoms with Crippen molar-refractivity contribution in [2.75, 3.05) is 4.90 Å². The lowest BCUT2D eigenvalue weighted by atomic mass is 10.0. The molecule has 114 valence electrons. The number of hydrogen-bond donors (Lipinski definition) is 1. The number of rotatable bonds is 2. The molecule has 0 saturated carbocycles. The average molecular weight is 301 g/mol. The van der Waals surface area contributed by atoms with Crippen LogP contribution in [0.5, 0.6) is 11.5 Å². The Labute approximate surface area is 127 Å². The highest BCUT2D eigenvalue weighted by molar-refractivity contribution is 6.02. The number of phenols is 1. The van der Waals surface area contributed by atoms with E-state index in [1.807, 2.05) is 0 Å². The summed E-state index contributed by atoms with van der Waals surface area (Å²) in [7, 11) is 0. The number of hydrogen-bond acceptors (Lipinski definition) is 3. The number of ether oxygens (including phenoxy) is 1. The zero-order valence-corrected chi connectivity index (χ0v) is 12.3. The topological polar surface area (TPSA) is 49.8 Å². The molecule has 1 aliphatic rings. The number of nitrogens with zero attached hydrogens (tertiary/aromatic N) is 1. The lowest BCUT2D eigenvalue weighted by molar-refractivity contribution is -0.132. The molecule has 5 heteroatoms. The van der Waals surface area contributed by atoms with Gasteiger partial charge in [0.05, 0.1) is 12.2 Å². The van der Waals surface area contributed by atoms with Crippen LogP contribution in [0.1, 0.15) is 19.4 Å². The second-order valence-corrected chi connectivity index (χ2v) is 5.78. The van der Waals surface area contributed by atoms with Crippen molar-refractivity contribution in [2.45, 2.75) is 26.0 Å². The van der Waals surface area contributed by atoms with Crippen molar-refractivity contribution in [3.05, 3.63) is 53.8 Å². The predicted octanol–water partition coefficient (Wildman–Crippen LogP) is 3.24. The summed E-state index contributed by atoms with van der Waals surface area (Å²) in [6.45, 7) is 3.67. The fourth-order valence-corrected chi connectivity index (χ4v) is 2.49. The van der Waals surface area contributed by atoms with Gasteiger partial charge in [-0.3, -0.25) is 4.79 Å². The van der Waals surface area contributed by atoms with Crippen LogP contribution in [0, 0.1) is 5.82 Å². The number of benzene rings is 2. The lowest BCUT2D eigenvalue weighted by Gasteiger charge is -2.38. The summed E-state index contributed by atoms with van der Waals surface area (Å²) in [4.78, 5) is 14.2. The highest BCUT2D eigenvalue weighted by Crippen LogP contribution is 2.40. The summed E-state index contributed by atoms with van der Waals surface area (Å²) in [5.41, 5.74) is 0.374. The van der Waals surface area contributed by atoms with Crippen molar-refractivity contribution in [1.29, 1.82) is 0 Å². The fourth-order valence-electron chi connectivity index (χ4n) is 2.49. The summed E-state index contributed by atoms with van der Waals surface area (Å²) in [5.74, 6) is 0.0232. The number of anilines is 1. The Bertz CT molecular complexity index is 725. The van der Waals surface area contributed by atoms with Crippen molar-refractivity contribution in [2.24, 2.45) is 0 Å². The molecule has 3 rings (SSSR count). The van der Waals surface area contributed by atoms with E-state index in [0.717, 1.165) is 5.56 Å². The molecule has 0 atom stereocenters. The van der Waals surface area contributed by atoms with Crippen molar-refractivity contribution in [3.8, 4) is 11.5 Å². The van der Waals surface area contributed by atoms with Gasteiger partial charge in [0.2, 0.25) is 0 Å². The zero-order chi connectivity index (χ0) is 15.9. The van der Waals surface area contributed by atoms with Crippen molar-refractivity contribution >= 4 is 11.6 Å². The van der Waals surface area contributed by atoms with E-state index < -0.39 is 5.60 Å². The lowest BCUT2D eigenvalue weighted by Crippen LogP contribution is -2.52. The third kappa shape index (κ3) is 2.50. The first kappa shape index (κ1) is 14.4. The van der Waals surface area contributed by atoms with E-state index in [2.05, 4.69) is 0 Å². The number of amides is 1. The first-order valence-corrected chi connectivity index (χ1v) is 6.95. The summed E-state index contributed by atoms with van der Waals surface area (Å²) in [5, 5.41) is 9.61. The maximum Gasteiger partial charge on any atom is 0.271 e. The maximum atomic E-state index is 13.0. The Hall–Kier alpha value is -2.56. The summed E-state index contributed by atoms with van der Waals surface area (Å²) >= 11 is 0. The molecule has 1 N–H and O–H groups in total. The molecule has 4 nitrogen and oxygen atoms in total. The Balaban J connectivity index is 2.01. The van der Waals surface area contributed by atoms with Crippen LogP contribution < -0.4 is 9.64 Å². The largest absolute Gasteiger partial charge is 0.508 e. The van der Waals surface area contributed by atoms with E-state index in [1.54, 1.807) is 36.9 Å². The monoisotopic (exact) mass is 301 g/mol. The quantitative estimate of drug-likeness (QED) is 0.926. The van der Waals surface area contributed by atoms with Crippen molar-refractivity contribution in [1.82, 2.24) is 0 Å². The van der Waals surface area contributed by atoms with E-state index in [0.29, 0.717) is 18.0 Å². The molecule has 1 amide bonds. The molecule has 0 aromatic heterocycles. The number of carbonyl (C=O) groups excluding carboxylic acids is 1. The Kier molecular flexibility index (Phi) is 3.28. The van der Waals surface area contributed by atoms with Gasteiger partial charge in [0.25, 0.3) is 5.91 Å². The first-order valence-electron chi connectivity index (χ1n) is 6.95. The van der Waals surface area contributed by atoms with Gasteiger partial charge in [-0.05, 0) is 43.7 Å².